The van der Waals surface area contributed by atoms with E-state index in [-0.39, 0.29) is 31.1 Å². The molecule has 10 heteroatoms. The number of fused-ring (bicyclic) bond motifs is 1. The molecule has 35 heavy (non-hydrogen) atoms. The summed E-state index contributed by atoms with van der Waals surface area (Å²) >= 11 is 0. The van der Waals surface area contributed by atoms with Gasteiger partial charge in [0.25, 0.3) is 11.8 Å². The summed E-state index contributed by atoms with van der Waals surface area (Å²) in [5.74, 6) is -0.542. The van der Waals surface area contributed by atoms with Crippen LogP contribution in [0.5, 0.6) is 0 Å². The van der Waals surface area contributed by atoms with Crippen molar-refractivity contribution in [1.29, 1.82) is 0 Å². The molecule has 0 aliphatic carbocycles. The second-order valence-corrected chi connectivity index (χ2v) is 9.45. The zero-order chi connectivity index (χ0) is 25.3. The van der Waals surface area contributed by atoms with Gasteiger partial charge in [0.05, 0.1) is 57.3 Å². The number of rotatable bonds is 12. The smallest absolute Gasteiger partial charge is 0.410 e. The molecule has 3 amide bonds. The van der Waals surface area contributed by atoms with Gasteiger partial charge in [-0.15, -0.1) is 0 Å². The minimum Gasteiger partial charge on any atom is -0.444 e. The molecule has 1 fully saturated rings. The van der Waals surface area contributed by atoms with Crippen molar-refractivity contribution >= 4 is 17.9 Å². The predicted octanol–water partition coefficient (Wildman–Crippen LogP) is 1.89. The number of amides is 3. The first-order chi connectivity index (χ1) is 16.8. The molecule has 2 heterocycles. The van der Waals surface area contributed by atoms with Gasteiger partial charge >= 0.3 is 6.09 Å². The Bertz CT molecular complexity index is 828. The Hall–Kier alpha value is -2.53. The molecular weight excluding hydrogens is 454 g/mol. The number of carbonyl (C=O) groups is 3. The predicted molar refractivity (Wildman–Crippen MR) is 129 cm³/mol. The highest BCUT2D eigenvalue weighted by molar-refractivity contribution is 6.21. The van der Waals surface area contributed by atoms with Gasteiger partial charge in [0, 0.05) is 32.7 Å². The molecule has 194 valence electrons. The van der Waals surface area contributed by atoms with E-state index in [2.05, 4.69) is 4.90 Å². The topological polar surface area (TPSA) is 97.9 Å². The first-order valence-corrected chi connectivity index (χ1v) is 12.1. The van der Waals surface area contributed by atoms with Gasteiger partial charge in [-0.05, 0) is 32.9 Å². The molecule has 0 radical (unpaired) electrons. The largest absolute Gasteiger partial charge is 0.444 e. The van der Waals surface area contributed by atoms with Crippen LogP contribution in [-0.2, 0) is 18.9 Å². The van der Waals surface area contributed by atoms with Crippen LogP contribution in [-0.4, -0.2) is 117 Å². The van der Waals surface area contributed by atoms with E-state index >= 15 is 0 Å². The SMILES string of the molecule is CC(C)(C)OC(=O)N1CCN(CCOCCOCCOCCN2C(=O)c3ccccc3C2=O)CC1. The third-order valence-corrected chi connectivity index (χ3v) is 5.66. The fourth-order valence-corrected chi connectivity index (χ4v) is 3.81. The fraction of sp³-hybridized carbons (Fsp3) is 0.640. The van der Waals surface area contributed by atoms with E-state index in [1.54, 1.807) is 29.2 Å². The Morgan fingerprint density at radius 3 is 1.77 bits per heavy atom. The van der Waals surface area contributed by atoms with Crippen LogP contribution in [0, 0.1) is 0 Å². The zero-order valence-electron chi connectivity index (χ0n) is 21.0. The molecule has 0 unspecified atom stereocenters. The molecule has 0 saturated carbocycles. The highest BCUT2D eigenvalue weighted by atomic mass is 16.6. The highest BCUT2D eigenvalue weighted by Crippen LogP contribution is 2.21. The van der Waals surface area contributed by atoms with Crippen LogP contribution in [0.1, 0.15) is 41.5 Å². The Morgan fingerprint density at radius 1 is 0.771 bits per heavy atom. The molecule has 1 aromatic carbocycles. The van der Waals surface area contributed by atoms with Gasteiger partial charge in [0.15, 0.2) is 0 Å². The van der Waals surface area contributed by atoms with Crippen LogP contribution in [0.15, 0.2) is 24.3 Å². The number of hydrogen-bond acceptors (Lipinski definition) is 8. The first kappa shape index (κ1) is 27.1. The average molecular weight is 492 g/mol. The molecule has 0 N–H and O–H groups in total. The standard InChI is InChI=1S/C25H37N3O7/c1-25(2,3)35-24(31)27-10-8-26(9-11-27)12-14-32-16-18-34-19-17-33-15-13-28-22(29)20-6-4-5-7-21(20)23(28)30/h4-7H,8-19H2,1-3H3. The number of hydrogen-bond donors (Lipinski definition) is 0. The Morgan fingerprint density at radius 2 is 1.26 bits per heavy atom. The van der Waals surface area contributed by atoms with Crippen molar-refractivity contribution in [1.82, 2.24) is 14.7 Å². The van der Waals surface area contributed by atoms with Gasteiger partial charge in [-0.1, -0.05) is 12.1 Å². The molecule has 0 spiro atoms. The molecule has 0 bridgehead atoms. The molecule has 3 rings (SSSR count). The lowest BCUT2D eigenvalue weighted by molar-refractivity contribution is 0.000382. The van der Waals surface area contributed by atoms with Crippen molar-refractivity contribution in [3.05, 3.63) is 35.4 Å². The number of carbonyl (C=O) groups excluding carboxylic acids is 3. The molecule has 0 aromatic heterocycles. The molecular formula is C25H37N3O7. The molecule has 2 aliphatic rings. The first-order valence-electron chi connectivity index (χ1n) is 12.1. The van der Waals surface area contributed by atoms with Crippen LogP contribution in [0.2, 0.25) is 0 Å². The van der Waals surface area contributed by atoms with Crippen LogP contribution in [0.25, 0.3) is 0 Å². The number of benzene rings is 1. The summed E-state index contributed by atoms with van der Waals surface area (Å²) in [5, 5.41) is 0. The third kappa shape index (κ3) is 8.28. The monoisotopic (exact) mass is 491 g/mol. The number of piperazine rings is 1. The van der Waals surface area contributed by atoms with E-state index in [1.165, 1.54) is 4.90 Å². The summed E-state index contributed by atoms with van der Waals surface area (Å²) in [7, 11) is 0. The highest BCUT2D eigenvalue weighted by Gasteiger charge is 2.34. The van der Waals surface area contributed by atoms with Gasteiger partial charge in [-0.3, -0.25) is 19.4 Å². The van der Waals surface area contributed by atoms with Gasteiger partial charge in [-0.25, -0.2) is 4.79 Å². The fourth-order valence-electron chi connectivity index (χ4n) is 3.81. The summed E-state index contributed by atoms with van der Waals surface area (Å²) in [6.45, 7) is 12.2. The van der Waals surface area contributed by atoms with Gasteiger partial charge in [-0.2, -0.15) is 0 Å². The second-order valence-electron chi connectivity index (χ2n) is 9.45. The lowest BCUT2D eigenvalue weighted by atomic mass is 10.1. The van der Waals surface area contributed by atoms with Crippen LogP contribution in [0.3, 0.4) is 0 Å². The lowest BCUT2D eigenvalue weighted by Gasteiger charge is -2.35. The Kier molecular flexibility index (Phi) is 10.0. The second kappa shape index (κ2) is 13.0. The van der Waals surface area contributed by atoms with Crippen molar-refractivity contribution in [2.75, 3.05) is 78.9 Å². The summed E-state index contributed by atoms with van der Waals surface area (Å²) < 4.78 is 22.0. The average Bonchev–Trinajstić information content (AvgIpc) is 3.06. The van der Waals surface area contributed by atoms with Crippen molar-refractivity contribution in [3.63, 3.8) is 0 Å². The van der Waals surface area contributed by atoms with E-state index in [1.807, 2.05) is 20.8 Å². The summed E-state index contributed by atoms with van der Waals surface area (Å²) in [5.41, 5.74) is 0.422. The van der Waals surface area contributed by atoms with Crippen LogP contribution >= 0.6 is 0 Å². The summed E-state index contributed by atoms with van der Waals surface area (Å²) in [4.78, 5) is 41.9. The van der Waals surface area contributed by atoms with Gasteiger partial charge < -0.3 is 23.8 Å². The van der Waals surface area contributed by atoms with Crippen molar-refractivity contribution in [2.24, 2.45) is 0 Å². The number of imide groups is 1. The van der Waals surface area contributed by atoms with E-state index in [0.717, 1.165) is 19.6 Å². The molecule has 2 aliphatic heterocycles. The summed E-state index contributed by atoms with van der Waals surface area (Å²) in [6.07, 6.45) is -0.252. The van der Waals surface area contributed by atoms with E-state index in [9.17, 15) is 14.4 Å². The van der Waals surface area contributed by atoms with Crippen LogP contribution < -0.4 is 0 Å². The minimum absolute atomic E-state index is 0.224. The Labute approximate surface area is 207 Å². The maximum Gasteiger partial charge on any atom is 0.410 e. The van der Waals surface area contributed by atoms with Crippen molar-refractivity contribution < 1.29 is 33.3 Å². The van der Waals surface area contributed by atoms with E-state index in [0.29, 0.717) is 57.3 Å². The molecule has 1 aromatic rings. The van der Waals surface area contributed by atoms with Crippen LogP contribution in [0.4, 0.5) is 4.79 Å². The van der Waals surface area contributed by atoms with Gasteiger partial charge in [0.2, 0.25) is 0 Å². The minimum atomic E-state index is -0.474. The number of ether oxygens (including phenoxy) is 4. The Balaban J connectivity index is 1.13. The summed E-state index contributed by atoms with van der Waals surface area (Å²) in [6, 6.07) is 6.83. The van der Waals surface area contributed by atoms with E-state index < -0.39 is 5.60 Å². The zero-order valence-corrected chi connectivity index (χ0v) is 21.0. The van der Waals surface area contributed by atoms with E-state index in [4.69, 9.17) is 18.9 Å². The third-order valence-electron chi connectivity index (χ3n) is 5.66. The molecule has 1 saturated heterocycles. The van der Waals surface area contributed by atoms with Crippen molar-refractivity contribution in [3.8, 4) is 0 Å². The maximum atomic E-state index is 12.3. The van der Waals surface area contributed by atoms with Gasteiger partial charge in [0.1, 0.15) is 5.60 Å². The lowest BCUT2D eigenvalue weighted by Crippen LogP contribution is -2.50. The van der Waals surface area contributed by atoms with Crippen molar-refractivity contribution in [2.45, 2.75) is 26.4 Å². The quantitative estimate of drug-likeness (QED) is 0.323. The number of nitrogens with zero attached hydrogens (tertiary/aromatic N) is 3. The molecule has 0 atom stereocenters. The molecule has 10 nitrogen and oxygen atoms in total. The normalized spacial score (nSPS) is 16.7. The maximum absolute atomic E-state index is 12.3.